The number of carbonyl (C=O) groups is 2. The fourth-order valence-corrected chi connectivity index (χ4v) is 6.26. The van der Waals surface area contributed by atoms with Crippen molar-refractivity contribution in [1.29, 1.82) is 0 Å². The van der Waals surface area contributed by atoms with Crippen LogP contribution in [0, 0.1) is 5.82 Å². The molecule has 2 fully saturated rings. The van der Waals surface area contributed by atoms with Gasteiger partial charge in [0.05, 0.1) is 6.54 Å². The summed E-state index contributed by atoms with van der Waals surface area (Å²) in [5.41, 5.74) is 3.33. The van der Waals surface area contributed by atoms with Crippen molar-refractivity contribution >= 4 is 34.0 Å². The fraction of sp³-hybridized carbons (Fsp3) is 0.393. The Kier molecular flexibility index (Phi) is 7.10. The van der Waals surface area contributed by atoms with E-state index in [2.05, 4.69) is 37.6 Å². The van der Waals surface area contributed by atoms with Gasteiger partial charge >= 0.3 is 0 Å². The highest BCUT2D eigenvalue weighted by atomic mass is 32.1. The lowest BCUT2D eigenvalue weighted by Gasteiger charge is -2.41. The van der Waals surface area contributed by atoms with Crippen LogP contribution < -0.4 is 15.5 Å². The predicted molar refractivity (Wildman–Crippen MR) is 147 cm³/mol. The summed E-state index contributed by atoms with van der Waals surface area (Å²) in [6.45, 7) is 6.29. The van der Waals surface area contributed by atoms with Crippen LogP contribution in [0.25, 0.3) is 11.1 Å². The van der Waals surface area contributed by atoms with E-state index >= 15 is 4.39 Å². The van der Waals surface area contributed by atoms with Crippen LogP contribution in [-0.4, -0.2) is 78.5 Å². The zero-order valence-electron chi connectivity index (χ0n) is 21.2. The number of aromatic nitrogens is 1. The predicted octanol–water partition coefficient (Wildman–Crippen LogP) is 3.42. The molecule has 0 unspecified atom stereocenters. The number of nitrogens with zero attached hydrogens (tertiary/aromatic N) is 4. The maximum atomic E-state index is 15.1. The molecule has 0 spiro atoms. The molecule has 2 aromatic carbocycles. The first-order valence-corrected chi connectivity index (χ1v) is 14.0. The summed E-state index contributed by atoms with van der Waals surface area (Å²) in [4.78, 5) is 35.8. The number of carbonyl (C=O) groups excluding carboxylic acids is 2. The Bertz CT molecular complexity index is 1300. The van der Waals surface area contributed by atoms with E-state index in [1.807, 2.05) is 12.1 Å². The molecule has 0 bridgehead atoms. The average Bonchev–Trinajstić information content (AvgIpc) is 3.57. The summed E-state index contributed by atoms with van der Waals surface area (Å²) in [5.74, 6) is -1.11. The molecule has 2 amide bonds. The number of piperazine rings is 1. The molecule has 2 saturated heterocycles. The first-order valence-electron chi connectivity index (χ1n) is 13.2. The van der Waals surface area contributed by atoms with E-state index in [1.165, 1.54) is 35.1 Å². The van der Waals surface area contributed by atoms with Crippen molar-refractivity contribution in [2.24, 2.45) is 0 Å². The van der Waals surface area contributed by atoms with Crippen LogP contribution in [0.2, 0.25) is 0 Å². The lowest BCUT2D eigenvalue weighted by molar-refractivity contribution is -0.116. The summed E-state index contributed by atoms with van der Waals surface area (Å²) in [6.07, 6.45) is 4.05. The molecule has 4 heterocycles. The largest absolute Gasteiger partial charge is 0.369 e. The van der Waals surface area contributed by atoms with Gasteiger partial charge in [0.2, 0.25) is 5.91 Å². The van der Waals surface area contributed by atoms with Crippen molar-refractivity contribution in [3.8, 4) is 11.1 Å². The zero-order valence-corrected chi connectivity index (χ0v) is 22.0. The number of piperidine rings is 1. The molecular formula is C28H31FN6O2S. The SMILES string of the molecule is O=C(CN1Cc2c(F)cc(-c3ccc(N4CCN(C5CCNCC5)CC4)cc3)cc2C1=O)Nc1nccs1. The minimum atomic E-state index is -0.424. The lowest BCUT2D eigenvalue weighted by atomic mass is 9.99. The van der Waals surface area contributed by atoms with Crippen molar-refractivity contribution in [2.45, 2.75) is 25.4 Å². The van der Waals surface area contributed by atoms with E-state index < -0.39 is 5.82 Å². The maximum absolute atomic E-state index is 15.1. The van der Waals surface area contributed by atoms with Gasteiger partial charge in [-0.2, -0.15) is 0 Å². The smallest absolute Gasteiger partial charge is 0.255 e. The summed E-state index contributed by atoms with van der Waals surface area (Å²) in [6, 6.07) is 12.1. The number of benzene rings is 2. The highest BCUT2D eigenvalue weighted by Crippen LogP contribution is 2.32. The van der Waals surface area contributed by atoms with Crippen molar-refractivity contribution in [3.05, 3.63) is 64.9 Å². The van der Waals surface area contributed by atoms with Gasteiger partial charge in [-0.3, -0.25) is 14.5 Å². The summed E-state index contributed by atoms with van der Waals surface area (Å²) in [7, 11) is 0. The molecule has 6 rings (SSSR count). The molecule has 198 valence electrons. The Balaban J connectivity index is 1.10. The van der Waals surface area contributed by atoms with Gasteiger partial charge < -0.3 is 20.4 Å². The molecule has 2 N–H and O–H groups in total. The number of anilines is 2. The third kappa shape index (κ3) is 5.16. The first-order chi connectivity index (χ1) is 18.5. The Morgan fingerprint density at radius 1 is 1.08 bits per heavy atom. The number of nitrogens with one attached hydrogen (secondary N) is 2. The van der Waals surface area contributed by atoms with Gasteiger partial charge in [-0.25, -0.2) is 9.37 Å². The molecule has 8 nitrogen and oxygen atoms in total. The van der Waals surface area contributed by atoms with Crippen LogP contribution in [0.4, 0.5) is 15.2 Å². The second-order valence-corrected chi connectivity index (χ2v) is 11.0. The second-order valence-electron chi connectivity index (χ2n) is 10.1. The van der Waals surface area contributed by atoms with Crippen molar-refractivity contribution in [1.82, 2.24) is 20.1 Å². The summed E-state index contributed by atoms with van der Waals surface area (Å²) in [5, 5.41) is 8.34. The molecule has 3 aliphatic heterocycles. The molecule has 10 heteroatoms. The van der Waals surface area contributed by atoms with E-state index in [1.54, 1.807) is 17.6 Å². The standard InChI is InChI=1S/C28H31FN6O2S/c29-25-16-20(15-23-24(25)17-35(27(23)37)18-26(36)32-28-31-9-14-38-28)19-1-3-21(4-2-19)33-10-12-34(13-11-33)22-5-7-30-8-6-22/h1-4,9,14-16,22,30H,5-8,10-13,17-18H2,(H,31,32,36). The topological polar surface area (TPSA) is 80.8 Å². The van der Waals surface area contributed by atoms with Crippen LogP contribution in [0.1, 0.15) is 28.8 Å². The van der Waals surface area contributed by atoms with Gasteiger partial charge in [0.1, 0.15) is 12.4 Å². The molecule has 0 aliphatic carbocycles. The van der Waals surface area contributed by atoms with Crippen LogP contribution >= 0.6 is 11.3 Å². The number of halogens is 1. The van der Waals surface area contributed by atoms with Gasteiger partial charge in [0.25, 0.3) is 5.91 Å². The van der Waals surface area contributed by atoms with Gasteiger partial charge in [-0.15, -0.1) is 11.3 Å². The Hall–Kier alpha value is -3.34. The minimum absolute atomic E-state index is 0.0772. The number of thiazole rings is 1. The van der Waals surface area contributed by atoms with Crippen LogP contribution in [0.5, 0.6) is 0 Å². The quantitative estimate of drug-likeness (QED) is 0.505. The van der Waals surface area contributed by atoms with E-state index in [0.29, 0.717) is 27.9 Å². The average molecular weight is 535 g/mol. The minimum Gasteiger partial charge on any atom is -0.369 e. The second kappa shape index (κ2) is 10.8. The van der Waals surface area contributed by atoms with Gasteiger partial charge in [0, 0.05) is 60.6 Å². The molecular weight excluding hydrogens is 503 g/mol. The molecule has 1 aromatic heterocycles. The zero-order chi connectivity index (χ0) is 26.1. The highest BCUT2D eigenvalue weighted by molar-refractivity contribution is 7.13. The van der Waals surface area contributed by atoms with Crippen LogP contribution in [0.3, 0.4) is 0 Å². The third-order valence-electron chi connectivity index (χ3n) is 7.78. The Morgan fingerprint density at radius 3 is 2.55 bits per heavy atom. The number of rotatable bonds is 6. The first kappa shape index (κ1) is 25.0. The van der Waals surface area contributed by atoms with E-state index in [4.69, 9.17) is 0 Å². The molecule has 0 radical (unpaired) electrons. The maximum Gasteiger partial charge on any atom is 0.255 e. The van der Waals surface area contributed by atoms with Gasteiger partial charge in [-0.05, 0) is 61.3 Å². The fourth-order valence-electron chi connectivity index (χ4n) is 5.71. The van der Waals surface area contributed by atoms with E-state index in [-0.39, 0.29) is 24.9 Å². The molecule has 3 aliphatic rings. The highest BCUT2D eigenvalue weighted by Gasteiger charge is 2.32. The van der Waals surface area contributed by atoms with Crippen molar-refractivity contribution in [2.75, 3.05) is 56.0 Å². The third-order valence-corrected chi connectivity index (χ3v) is 8.47. The lowest BCUT2D eigenvalue weighted by Crippen LogP contribution is -2.52. The van der Waals surface area contributed by atoms with Crippen molar-refractivity contribution in [3.63, 3.8) is 0 Å². The summed E-state index contributed by atoms with van der Waals surface area (Å²) < 4.78 is 15.1. The number of fused-ring (bicyclic) bond motifs is 1. The van der Waals surface area contributed by atoms with E-state index in [9.17, 15) is 9.59 Å². The normalized spacial score (nSPS) is 18.6. The van der Waals surface area contributed by atoms with E-state index in [0.717, 1.165) is 50.5 Å². The number of hydrogen-bond donors (Lipinski definition) is 2. The summed E-state index contributed by atoms with van der Waals surface area (Å²) >= 11 is 1.30. The van der Waals surface area contributed by atoms with Crippen molar-refractivity contribution < 1.29 is 14.0 Å². The Morgan fingerprint density at radius 2 is 1.84 bits per heavy atom. The number of hydrogen-bond acceptors (Lipinski definition) is 7. The van der Waals surface area contributed by atoms with Crippen LogP contribution in [-0.2, 0) is 11.3 Å². The molecule has 0 saturated carbocycles. The van der Waals surface area contributed by atoms with Gasteiger partial charge in [0.15, 0.2) is 5.13 Å². The molecule has 38 heavy (non-hydrogen) atoms. The molecule has 3 aromatic rings. The Labute approximate surface area is 225 Å². The number of amides is 2. The molecule has 0 atom stereocenters. The van der Waals surface area contributed by atoms with Gasteiger partial charge in [-0.1, -0.05) is 12.1 Å². The monoisotopic (exact) mass is 534 g/mol. The van der Waals surface area contributed by atoms with Crippen LogP contribution in [0.15, 0.2) is 48.0 Å².